The molecule has 0 fully saturated rings. The van der Waals surface area contributed by atoms with Crippen LogP contribution in [-0.4, -0.2) is 25.2 Å². The van der Waals surface area contributed by atoms with Crippen molar-refractivity contribution in [1.29, 1.82) is 0 Å². The topological polar surface area (TPSA) is 76.5 Å². The van der Waals surface area contributed by atoms with Gasteiger partial charge in [0.2, 0.25) is 5.82 Å². The average molecular weight is 456 g/mol. The molecule has 0 bridgehead atoms. The third-order valence-electron chi connectivity index (χ3n) is 6.21. The van der Waals surface area contributed by atoms with Crippen LogP contribution in [0.3, 0.4) is 0 Å². The predicted octanol–water partition coefficient (Wildman–Crippen LogP) is 5.56. The number of fused-ring (bicyclic) bond motifs is 1. The summed E-state index contributed by atoms with van der Waals surface area (Å²) in [6.07, 6.45) is 0. The summed E-state index contributed by atoms with van der Waals surface area (Å²) >= 11 is 0. The summed E-state index contributed by atoms with van der Waals surface area (Å²) in [5.74, 6) is 0.555. The highest BCUT2D eigenvalue weighted by Gasteiger charge is 2.13. The van der Waals surface area contributed by atoms with Gasteiger partial charge in [0.15, 0.2) is 0 Å². The minimum absolute atomic E-state index is 0.00785. The molecule has 0 aliphatic carbocycles. The largest absolute Gasteiger partial charge is 0.303 e. The summed E-state index contributed by atoms with van der Waals surface area (Å²) in [4.78, 5) is 13.5. The maximum absolute atomic E-state index is 13.5. The molecule has 6 aromatic rings. The first-order valence-electron chi connectivity index (χ1n) is 11.4. The highest BCUT2D eigenvalue weighted by atomic mass is 16.1. The molecule has 0 spiro atoms. The number of pyridine rings is 1. The van der Waals surface area contributed by atoms with Crippen LogP contribution in [0.15, 0.2) is 114 Å². The molecule has 0 radical (unpaired) electrons. The highest BCUT2D eigenvalue weighted by molar-refractivity contribution is 5.85. The number of hydrogen-bond donors (Lipinski definition) is 1. The number of aromatic nitrogens is 5. The quantitative estimate of drug-likeness (QED) is 0.369. The minimum atomic E-state index is 0.00785. The lowest BCUT2D eigenvalue weighted by atomic mass is 9.98. The molecule has 2 aromatic heterocycles. The number of tetrazole rings is 1. The molecule has 0 unspecified atom stereocenters. The van der Waals surface area contributed by atoms with E-state index in [4.69, 9.17) is 0 Å². The first-order chi connectivity index (χ1) is 17.3. The van der Waals surface area contributed by atoms with E-state index in [-0.39, 0.29) is 5.56 Å². The van der Waals surface area contributed by atoms with Gasteiger partial charge in [-0.1, -0.05) is 97.1 Å². The van der Waals surface area contributed by atoms with Crippen LogP contribution in [0.25, 0.3) is 44.5 Å². The van der Waals surface area contributed by atoms with E-state index in [9.17, 15) is 4.79 Å². The van der Waals surface area contributed by atoms with E-state index in [0.29, 0.717) is 12.4 Å². The fraction of sp³-hybridized carbons (Fsp3) is 0.0345. The molecule has 0 aliphatic heterocycles. The lowest BCUT2D eigenvalue weighted by molar-refractivity contribution is 0.777. The van der Waals surface area contributed by atoms with Crippen LogP contribution in [0.2, 0.25) is 0 Å². The van der Waals surface area contributed by atoms with Gasteiger partial charge in [0.1, 0.15) is 0 Å². The van der Waals surface area contributed by atoms with Crippen LogP contribution in [0.4, 0.5) is 0 Å². The van der Waals surface area contributed by atoms with Gasteiger partial charge < -0.3 is 4.57 Å². The summed E-state index contributed by atoms with van der Waals surface area (Å²) in [5, 5.41) is 16.1. The first-order valence-corrected chi connectivity index (χ1v) is 11.4. The second kappa shape index (κ2) is 8.83. The summed E-state index contributed by atoms with van der Waals surface area (Å²) in [6.45, 7) is 0.473. The van der Waals surface area contributed by atoms with Gasteiger partial charge in [0.25, 0.3) is 5.56 Å². The van der Waals surface area contributed by atoms with Crippen LogP contribution in [0.1, 0.15) is 5.56 Å². The normalized spacial score (nSPS) is 11.1. The van der Waals surface area contributed by atoms with Crippen molar-refractivity contribution in [3.05, 3.63) is 125 Å². The highest BCUT2D eigenvalue weighted by Crippen LogP contribution is 2.30. The average Bonchev–Trinajstić information content (AvgIpc) is 3.46. The summed E-state index contributed by atoms with van der Waals surface area (Å²) in [6, 6.07) is 36.2. The smallest absolute Gasteiger partial charge is 0.259 e. The molecule has 35 heavy (non-hydrogen) atoms. The molecule has 0 atom stereocenters. The molecular formula is C29H21N5O. The Morgan fingerprint density at radius 2 is 1.43 bits per heavy atom. The number of nitrogens with zero attached hydrogens (tertiary/aromatic N) is 4. The van der Waals surface area contributed by atoms with Gasteiger partial charge in [-0.3, -0.25) is 4.79 Å². The molecular weight excluding hydrogens is 434 g/mol. The van der Waals surface area contributed by atoms with E-state index >= 15 is 0 Å². The second-order valence-electron chi connectivity index (χ2n) is 8.35. The lowest BCUT2D eigenvalue weighted by Gasteiger charge is -2.15. The summed E-state index contributed by atoms with van der Waals surface area (Å²) in [7, 11) is 0. The van der Waals surface area contributed by atoms with Crippen molar-refractivity contribution in [2.75, 3.05) is 0 Å². The molecule has 0 saturated carbocycles. The first kappa shape index (κ1) is 20.7. The summed E-state index contributed by atoms with van der Waals surface area (Å²) < 4.78 is 1.86. The third-order valence-corrected chi connectivity index (χ3v) is 6.21. The van der Waals surface area contributed by atoms with Gasteiger partial charge in [0, 0.05) is 10.9 Å². The Morgan fingerprint density at radius 1 is 0.714 bits per heavy atom. The minimum Gasteiger partial charge on any atom is -0.303 e. The van der Waals surface area contributed by atoms with Crippen LogP contribution in [-0.2, 0) is 6.54 Å². The second-order valence-corrected chi connectivity index (χ2v) is 8.35. The summed E-state index contributed by atoms with van der Waals surface area (Å²) in [5.41, 5.74) is 5.94. The maximum atomic E-state index is 13.5. The van der Waals surface area contributed by atoms with Crippen LogP contribution < -0.4 is 5.56 Å². The molecule has 2 heterocycles. The Morgan fingerprint density at radius 3 is 2.20 bits per heavy atom. The monoisotopic (exact) mass is 455 g/mol. The van der Waals surface area contributed by atoms with E-state index in [0.717, 1.165) is 44.3 Å². The van der Waals surface area contributed by atoms with Gasteiger partial charge in [0.05, 0.1) is 12.2 Å². The van der Waals surface area contributed by atoms with E-state index in [2.05, 4.69) is 51.0 Å². The zero-order chi connectivity index (χ0) is 23.6. The van der Waals surface area contributed by atoms with Crippen molar-refractivity contribution in [3.8, 4) is 33.8 Å². The number of H-pyrrole nitrogens is 1. The Hall–Kier alpha value is -4.84. The van der Waals surface area contributed by atoms with Crippen molar-refractivity contribution in [2.24, 2.45) is 0 Å². The van der Waals surface area contributed by atoms with Crippen LogP contribution in [0, 0.1) is 0 Å². The molecule has 0 saturated heterocycles. The maximum Gasteiger partial charge on any atom is 0.259 e. The van der Waals surface area contributed by atoms with Crippen molar-refractivity contribution in [2.45, 2.75) is 6.54 Å². The van der Waals surface area contributed by atoms with E-state index in [1.807, 2.05) is 83.4 Å². The van der Waals surface area contributed by atoms with Crippen molar-refractivity contribution >= 4 is 10.8 Å². The predicted molar refractivity (Wildman–Crippen MR) is 138 cm³/mol. The molecule has 0 aliphatic rings. The standard InChI is InChI=1S/C29H21N5O/c35-29-25-12-5-4-10-23(25)18-27(22-8-2-1-3-9-22)34(29)19-20-14-16-21(17-15-20)24-11-6-7-13-26(24)28-30-32-33-31-28/h1-18H,19H2,(H,30,31,32,33). The fourth-order valence-corrected chi connectivity index (χ4v) is 4.48. The number of benzene rings is 4. The van der Waals surface area contributed by atoms with E-state index in [1.165, 1.54) is 0 Å². The Labute approximate surface area is 201 Å². The van der Waals surface area contributed by atoms with Gasteiger partial charge >= 0.3 is 0 Å². The lowest BCUT2D eigenvalue weighted by Crippen LogP contribution is -2.22. The van der Waals surface area contributed by atoms with Gasteiger partial charge in [-0.05, 0) is 45.0 Å². The van der Waals surface area contributed by atoms with Crippen molar-refractivity contribution < 1.29 is 0 Å². The molecule has 0 amide bonds. The van der Waals surface area contributed by atoms with E-state index in [1.54, 1.807) is 0 Å². The Kier molecular flexibility index (Phi) is 5.24. The van der Waals surface area contributed by atoms with Gasteiger partial charge in [-0.2, -0.15) is 5.21 Å². The third kappa shape index (κ3) is 3.91. The zero-order valence-electron chi connectivity index (χ0n) is 18.8. The van der Waals surface area contributed by atoms with Crippen LogP contribution in [0.5, 0.6) is 0 Å². The van der Waals surface area contributed by atoms with Crippen LogP contribution >= 0.6 is 0 Å². The molecule has 168 valence electrons. The number of nitrogens with one attached hydrogen (secondary N) is 1. The molecule has 1 N–H and O–H groups in total. The Bertz CT molecular complexity index is 1670. The van der Waals surface area contributed by atoms with Gasteiger partial charge in [-0.25, -0.2) is 0 Å². The number of aromatic amines is 1. The zero-order valence-corrected chi connectivity index (χ0v) is 18.8. The van der Waals surface area contributed by atoms with Gasteiger partial charge in [-0.15, -0.1) is 10.2 Å². The SMILES string of the molecule is O=c1c2ccccc2cc(-c2ccccc2)n1Cc1ccc(-c2ccccc2-c2nn[nH]n2)cc1. The van der Waals surface area contributed by atoms with Crippen molar-refractivity contribution in [1.82, 2.24) is 25.2 Å². The van der Waals surface area contributed by atoms with Crippen molar-refractivity contribution in [3.63, 3.8) is 0 Å². The number of rotatable bonds is 5. The van der Waals surface area contributed by atoms with E-state index < -0.39 is 0 Å². The number of hydrogen-bond acceptors (Lipinski definition) is 4. The molecule has 4 aromatic carbocycles. The molecule has 6 heteroatoms. The fourth-order valence-electron chi connectivity index (χ4n) is 4.48. The Balaban J connectivity index is 1.41. The molecule has 6 rings (SSSR count). The molecule has 6 nitrogen and oxygen atoms in total.